The standard InChI is InChI=1S/C13H20N4S/c1-9-3-5-10(6-4-9)17(2)13-15-8-7-11(16-13)12(14)18/h7-10H,3-6H2,1-2H3,(H2,14,18). The fraction of sp³-hybridized carbons (Fsp3) is 0.615. The summed E-state index contributed by atoms with van der Waals surface area (Å²) in [6, 6.07) is 2.28. The Bertz CT molecular complexity index is 427. The van der Waals surface area contributed by atoms with Gasteiger partial charge in [0.15, 0.2) is 0 Å². The van der Waals surface area contributed by atoms with Crippen LogP contribution in [-0.4, -0.2) is 28.0 Å². The van der Waals surface area contributed by atoms with Gasteiger partial charge in [-0.1, -0.05) is 19.1 Å². The molecule has 0 saturated heterocycles. The van der Waals surface area contributed by atoms with Crippen molar-refractivity contribution in [3.05, 3.63) is 18.0 Å². The Labute approximate surface area is 114 Å². The number of hydrogen-bond donors (Lipinski definition) is 1. The van der Waals surface area contributed by atoms with Gasteiger partial charge < -0.3 is 10.6 Å². The highest BCUT2D eigenvalue weighted by Crippen LogP contribution is 2.27. The van der Waals surface area contributed by atoms with Gasteiger partial charge in [0, 0.05) is 19.3 Å². The molecule has 98 valence electrons. The lowest BCUT2D eigenvalue weighted by molar-refractivity contribution is 0.339. The largest absolute Gasteiger partial charge is 0.388 e. The molecular formula is C13H20N4S. The van der Waals surface area contributed by atoms with Crippen LogP contribution in [0.2, 0.25) is 0 Å². The molecule has 2 rings (SSSR count). The summed E-state index contributed by atoms with van der Waals surface area (Å²) in [7, 11) is 2.05. The second-order valence-electron chi connectivity index (χ2n) is 5.13. The van der Waals surface area contributed by atoms with Crippen LogP contribution in [0.25, 0.3) is 0 Å². The van der Waals surface area contributed by atoms with E-state index in [9.17, 15) is 0 Å². The summed E-state index contributed by atoms with van der Waals surface area (Å²) >= 11 is 4.95. The molecule has 0 spiro atoms. The summed E-state index contributed by atoms with van der Waals surface area (Å²) in [5.74, 6) is 1.57. The zero-order chi connectivity index (χ0) is 13.1. The third kappa shape index (κ3) is 2.96. The van der Waals surface area contributed by atoms with Crippen LogP contribution < -0.4 is 10.6 Å². The van der Waals surface area contributed by atoms with Gasteiger partial charge in [0.05, 0.1) is 0 Å². The van der Waals surface area contributed by atoms with Crippen molar-refractivity contribution in [1.82, 2.24) is 9.97 Å². The van der Waals surface area contributed by atoms with Crippen molar-refractivity contribution in [2.45, 2.75) is 38.6 Å². The summed E-state index contributed by atoms with van der Waals surface area (Å²) in [5.41, 5.74) is 6.25. The smallest absolute Gasteiger partial charge is 0.225 e. The molecule has 0 aliphatic heterocycles. The van der Waals surface area contributed by atoms with E-state index < -0.39 is 0 Å². The molecule has 1 aromatic rings. The van der Waals surface area contributed by atoms with E-state index in [1.54, 1.807) is 12.3 Å². The third-order valence-electron chi connectivity index (χ3n) is 3.74. The highest BCUT2D eigenvalue weighted by Gasteiger charge is 2.23. The van der Waals surface area contributed by atoms with E-state index in [0.29, 0.717) is 16.7 Å². The first-order valence-corrected chi connectivity index (χ1v) is 6.84. The molecule has 1 fully saturated rings. The predicted octanol–water partition coefficient (Wildman–Crippen LogP) is 2.13. The van der Waals surface area contributed by atoms with E-state index in [-0.39, 0.29) is 0 Å². The lowest BCUT2D eigenvalue weighted by atomic mass is 9.87. The van der Waals surface area contributed by atoms with Crippen LogP contribution in [0.4, 0.5) is 5.95 Å². The highest BCUT2D eigenvalue weighted by atomic mass is 32.1. The monoisotopic (exact) mass is 264 g/mol. The Morgan fingerprint density at radius 1 is 1.39 bits per heavy atom. The molecule has 18 heavy (non-hydrogen) atoms. The first-order valence-electron chi connectivity index (χ1n) is 6.43. The molecule has 2 N–H and O–H groups in total. The average Bonchev–Trinajstić information content (AvgIpc) is 2.39. The summed E-state index contributed by atoms with van der Waals surface area (Å²) in [4.78, 5) is 11.2. The Morgan fingerprint density at radius 3 is 2.67 bits per heavy atom. The SMILES string of the molecule is CC1CCC(N(C)c2nccc(C(N)=S)n2)CC1. The number of anilines is 1. The normalized spacial score (nSPS) is 23.7. The first-order chi connectivity index (χ1) is 8.58. The number of thiocarbonyl (C=S) groups is 1. The van der Waals surface area contributed by atoms with Gasteiger partial charge in [-0.3, -0.25) is 0 Å². The molecule has 4 nitrogen and oxygen atoms in total. The second kappa shape index (κ2) is 5.61. The maximum atomic E-state index is 5.60. The van der Waals surface area contributed by atoms with E-state index in [2.05, 4.69) is 28.8 Å². The fourth-order valence-electron chi connectivity index (χ4n) is 2.45. The highest BCUT2D eigenvalue weighted by molar-refractivity contribution is 7.80. The minimum Gasteiger partial charge on any atom is -0.388 e. The van der Waals surface area contributed by atoms with Gasteiger partial charge in [-0.25, -0.2) is 9.97 Å². The average molecular weight is 264 g/mol. The molecule has 0 amide bonds. The van der Waals surface area contributed by atoms with Gasteiger partial charge in [-0.15, -0.1) is 0 Å². The summed E-state index contributed by atoms with van der Waals surface area (Å²) in [6.07, 6.45) is 6.70. The molecule has 1 aliphatic carbocycles. The quantitative estimate of drug-likeness (QED) is 0.848. The summed E-state index contributed by atoms with van der Waals surface area (Å²) in [5, 5.41) is 0. The third-order valence-corrected chi connectivity index (χ3v) is 3.95. The maximum Gasteiger partial charge on any atom is 0.225 e. The number of rotatable bonds is 3. The number of hydrogen-bond acceptors (Lipinski definition) is 4. The van der Waals surface area contributed by atoms with Gasteiger partial charge in [-0.05, 0) is 37.7 Å². The van der Waals surface area contributed by atoms with Crippen LogP contribution in [0.15, 0.2) is 12.3 Å². The maximum absolute atomic E-state index is 5.60. The van der Waals surface area contributed by atoms with E-state index >= 15 is 0 Å². The Balaban J connectivity index is 2.10. The molecular weight excluding hydrogens is 244 g/mol. The van der Waals surface area contributed by atoms with Crippen LogP contribution in [0.5, 0.6) is 0 Å². The summed E-state index contributed by atoms with van der Waals surface area (Å²) < 4.78 is 0. The molecule has 0 radical (unpaired) electrons. The molecule has 0 aromatic carbocycles. The van der Waals surface area contributed by atoms with Crippen LogP contribution in [0, 0.1) is 5.92 Å². The van der Waals surface area contributed by atoms with Gasteiger partial charge in [0.25, 0.3) is 0 Å². The predicted molar refractivity (Wildman–Crippen MR) is 77.7 cm³/mol. The van der Waals surface area contributed by atoms with Gasteiger partial charge in [-0.2, -0.15) is 0 Å². The lowest BCUT2D eigenvalue weighted by Gasteiger charge is -2.33. The van der Waals surface area contributed by atoms with Gasteiger partial charge in [0.2, 0.25) is 5.95 Å². The van der Waals surface area contributed by atoms with Gasteiger partial charge in [0.1, 0.15) is 10.7 Å². The Morgan fingerprint density at radius 2 is 2.06 bits per heavy atom. The van der Waals surface area contributed by atoms with E-state index in [1.807, 2.05) is 0 Å². The first kappa shape index (κ1) is 13.2. The van der Waals surface area contributed by atoms with Crippen molar-refractivity contribution in [1.29, 1.82) is 0 Å². The number of nitrogens with zero attached hydrogens (tertiary/aromatic N) is 3. The van der Waals surface area contributed by atoms with Crippen LogP contribution in [0.1, 0.15) is 38.3 Å². The van der Waals surface area contributed by atoms with Crippen LogP contribution in [-0.2, 0) is 0 Å². The van der Waals surface area contributed by atoms with Crippen molar-refractivity contribution < 1.29 is 0 Å². The van der Waals surface area contributed by atoms with Crippen molar-refractivity contribution in [2.24, 2.45) is 11.7 Å². The van der Waals surface area contributed by atoms with Crippen molar-refractivity contribution in [2.75, 3.05) is 11.9 Å². The molecule has 1 heterocycles. The molecule has 5 heteroatoms. The molecule has 0 atom stereocenters. The minimum atomic E-state index is 0.323. The second-order valence-corrected chi connectivity index (χ2v) is 5.57. The topological polar surface area (TPSA) is 55.0 Å². The van der Waals surface area contributed by atoms with E-state index in [4.69, 9.17) is 18.0 Å². The fourth-order valence-corrected chi connectivity index (χ4v) is 2.56. The molecule has 1 aliphatic rings. The molecule has 0 unspecified atom stereocenters. The lowest BCUT2D eigenvalue weighted by Crippen LogP contribution is -2.36. The van der Waals surface area contributed by atoms with Crippen molar-refractivity contribution >= 4 is 23.2 Å². The zero-order valence-electron chi connectivity index (χ0n) is 11.0. The molecule has 1 aromatic heterocycles. The van der Waals surface area contributed by atoms with Gasteiger partial charge >= 0.3 is 0 Å². The van der Waals surface area contributed by atoms with Crippen LogP contribution in [0.3, 0.4) is 0 Å². The van der Waals surface area contributed by atoms with E-state index in [0.717, 1.165) is 11.9 Å². The molecule has 0 bridgehead atoms. The minimum absolute atomic E-state index is 0.323. The Kier molecular flexibility index (Phi) is 4.11. The van der Waals surface area contributed by atoms with Crippen molar-refractivity contribution in [3.63, 3.8) is 0 Å². The van der Waals surface area contributed by atoms with Crippen molar-refractivity contribution in [3.8, 4) is 0 Å². The van der Waals surface area contributed by atoms with E-state index in [1.165, 1.54) is 25.7 Å². The Hall–Kier alpha value is -1.23. The van der Waals surface area contributed by atoms with Crippen LogP contribution >= 0.6 is 12.2 Å². The molecule has 1 saturated carbocycles. The number of aromatic nitrogens is 2. The zero-order valence-corrected chi connectivity index (χ0v) is 11.8. The number of nitrogens with two attached hydrogens (primary N) is 1. The summed E-state index contributed by atoms with van der Waals surface area (Å²) in [6.45, 7) is 2.32.